The van der Waals surface area contributed by atoms with Crippen LogP contribution >= 0.6 is 0 Å². The highest BCUT2D eigenvalue weighted by Gasteiger charge is 2.47. The van der Waals surface area contributed by atoms with Crippen molar-refractivity contribution in [3.63, 3.8) is 0 Å². The van der Waals surface area contributed by atoms with Crippen molar-refractivity contribution in [1.82, 2.24) is 0 Å². The number of carbonyl (C=O) groups is 2. The van der Waals surface area contributed by atoms with Gasteiger partial charge in [-0.3, -0.25) is 9.59 Å². The van der Waals surface area contributed by atoms with Gasteiger partial charge in [0.15, 0.2) is 11.6 Å². The van der Waals surface area contributed by atoms with Crippen molar-refractivity contribution in [3.8, 4) is 0 Å². The highest BCUT2D eigenvalue weighted by atomic mass is 16.1. The summed E-state index contributed by atoms with van der Waals surface area (Å²) in [4.78, 5) is 24.4. The normalized spacial score (nSPS) is 37.5. The molecule has 0 aromatic rings. The van der Waals surface area contributed by atoms with Crippen LogP contribution in [0.5, 0.6) is 0 Å². The average Bonchev–Trinajstić information content (AvgIpc) is 2.25. The lowest BCUT2D eigenvalue weighted by Gasteiger charge is -2.42. The monoisotopic (exact) mass is 232 g/mol. The maximum absolute atomic E-state index is 12.3. The molecule has 0 N–H and O–H groups in total. The summed E-state index contributed by atoms with van der Waals surface area (Å²) in [5.74, 6) is 0.558. The third-order valence-electron chi connectivity index (χ3n) is 4.38. The number of hydrogen-bond acceptors (Lipinski definition) is 2. The number of rotatable bonds is 1. The number of hydrogen-bond donors (Lipinski definition) is 0. The first-order valence-electron chi connectivity index (χ1n) is 6.35. The molecule has 0 saturated heterocycles. The van der Waals surface area contributed by atoms with Crippen LogP contribution in [0.25, 0.3) is 0 Å². The second-order valence-electron chi connectivity index (χ2n) is 5.65. The molecule has 1 saturated carbocycles. The molecule has 0 spiro atoms. The predicted octanol–water partition coefficient (Wildman–Crippen LogP) is 2.94. The van der Waals surface area contributed by atoms with E-state index in [0.717, 1.165) is 18.4 Å². The molecule has 0 amide bonds. The highest BCUT2D eigenvalue weighted by molar-refractivity contribution is 6.10. The molecule has 2 aliphatic rings. The molecular formula is C15H20O2. The van der Waals surface area contributed by atoms with Crippen LogP contribution in [-0.4, -0.2) is 11.6 Å². The van der Waals surface area contributed by atoms with E-state index in [2.05, 4.69) is 13.5 Å². The molecule has 2 heteroatoms. The van der Waals surface area contributed by atoms with E-state index in [9.17, 15) is 9.59 Å². The molecule has 0 heterocycles. The van der Waals surface area contributed by atoms with Crippen LogP contribution < -0.4 is 0 Å². The first-order chi connectivity index (χ1) is 7.93. The van der Waals surface area contributed by atoms with Gasteiger partial charge in [0.25, 0.3) is 0 Å². The van der Waals surface area contributed by atoms with Crippen LogP contribution in [0.2, 0.25) is 0 Å². The van der Waals surface area contributed by atoms with Gasteiger partial charge in [-0.2, -0.15) is 0 Å². The van der Waals surface area contributed by atoms with Crippen molar-refractivity contribution in [2.75, 3.05) is 0 Å². The fourth-order valence-electron chi connectivity index (χ4n) is 3.41. The molecular weight excluding hydrogens is 212 g/mol. The van der Waals surface area contributed by atoms with Crippen molar-refractivity contribution in [2.24, 2.45) is 23.7 Å². The zero-order chi connectivity index (χ0) is 12.7. The van der Waals surface area contributed by atoms with Gasteiger partial charge in [0.2, 0.25) is 0 Å². The smallest absolute Gasteiger partial charge is 0.163 e. The summed E-state index contributed by atoms with van der Waals surface area (Å²) in [5.41, 5.74) is 1.67. The quantitative estimate of drug-likeness (QED) is 0.651. The molecule has 0 radical (unpaired) electrons. The van der Waals surface area contributed by atoms with E-state index in [1.807, 2.05) is 6.92 Å². The lowest BCUT2D eigenvalue weighted by Crippen LogP contribution is -2.45. The molecule has 0 aliphatic heterocycles. The SMILES string of the molecule is C=C(C)[C@@H]1CC[C@@H](C)[C@H]2C(=O)C=C(C)C(=O)[C@@H]21. The van der Waals surface area contributed by atoms with Crippen molar-refractivity contribution >= 4 is 11.6 Å². The fraction of sp³-hybridized carbons (Fsp3) is 0.600. The van der Waals surface area contributed by atoms with Gasteiger partial charge >= 0.3 is 0 Å². The third kappa shape index (κ3) is 1.90. The summed E-state index contributed by atoms with van der Waals surface area (Å²) in [5, 5.41) is 0. The van der Waals surface area contributed by atoms with Gasteiger partial charge in [-0.15, -0.1) is 0 Å². The number of fused-ring (bicyclic) bond motifs is 1. The minimum Gasteiger partial charge on any atom is -0.294 e. The van der Waals surface area contributed by atoms with Crippen LogP contribution in [0.4, 0.5) is 0 Å². The van der Waals surface area contributed by atoms with Crippen LogP contribution in [0, 0.1) is 23.7 Å². The Balaban J connectivity index is 2.44. The van der Waals surface area contributed by atoms with Gasteiger partial charge < -0.3 is 0 Å². The summed E-state index contributed by atoms with van der Waals surface area (Å²) >= 11 is 0. The van der Waals surface area contributed by atoms with E-state index in [4.69, 9.17) is 0 Å². The van der Waals surface area contributed by atoms with Crippen LogP contribution in [0.3, 0.4) is 0 Å². The van der Waals surface area contributed by atoms with Crippen LogP contribution in [0.1, 0.15) is 33.6 Å². The van der Waals surface area contributed by atoms with E-state index in [-0.39, 0.29) is 29.3 Å². The first-order valence-corrected chi connectivity index (χ1v) is 6.35. The summed E-state index contributed by atoms with van der Waals surface area (Å²) in [6.45, 7) is 9.82. The van der Waals surface area contributed by atoms with Gasteiger partial charge in [0, 0.05) is 11.8 Å². The van der Waals surface area contributed by atoms with Gasteiger partial charge in [-0.25, -0.2) is 0 Å². The Bertz CT molecular complexity index is 417. The molecule has 0 aromatic heterocycles. The Morgan fingerprint density at radius 1 is 1.29 bits per heavy atom. The van der Waals surface area contributed by atoms with E-state index >= 15 is 0 Å². The second kappa shape index (κ2) is 4.25. The van der Waals surface area contributed by atoms with Crippen molar-refractivity contribution < 1.29 is 9.59 Å². The lowest BCUT2D eigenvalue weighted by molar-refractivity contribution is -0.135. The van der Waals surface area contributed by atoms with E-state index < -0.39 is 0 Å². The van der Waals surface area contributed by atoms with Crippen molar-refractivity contribution in [2.45, 2.75) is 33.6 Å². The zero-order valence-corrected chi connectivity index (χ0v) is 10.8. The molecule has 4 atom stereocenters. The molecule has 2 rings (SSSR count). The van der Waals surface area contributed by atoms with Gasteiger partial charge in [-0.05, 0) is 50.2 Å². The molecule has 0 bridgehead atoms. The minimum absolute atomic E-state index is 0.110. The standard InChI is InChI=1S/C15H20O2/c1-8(2)11-6-5-9(3)13-12(16)7-10(4)15(17)14(11)13/h7,9,11,13-14H,1,5-6H2,2-4H3/t9-,11+,13+,14-/m1/s1. The summed E-state index contributed by atoms with van der Waals surface area (Å²) in [6.07, 6.45) is 3.55. The average molecular weight is 232 g/mol. The number of carbonyl (C=O) groups excluding carboxylic acids is 2. The molecule has 17 heavy (non-hydrogen) atoms. The second-order valence-corrected chi connectivity index (χ2v) is 5.65. The Labute approximate surface area is 103 Å². The largest absolute Gasteiger partial charge is 0.294 e. The summed E-state index contributed by atoms with van der Waals surface area (Å²) in [7, 11) is 0. The van der Waals surface area contributed by atoms with E-state index in [1.165, 1.54) is 0 Å². The number of ketones is 2. The van der Waals surface area contributed by atoms with E-state index in [1.54, 1.807) is 13.0 Å². The molecule has 92 valence electrons. The zero-order valence-electron chi connectivity index (χ0n) is 10.8. The predicted molar refractivity (Wildman–Crippen MR) is 67.5 cm³/mol. The fourth-order valence-corrected chi connectivity index (χ4v) is 3.41. The number of Topliss-reactive ketones (excluding diaryl/α,β-unsaturated/α-hetero) is 1. The van der Waals surface area contributed by atoms with Gasteiger partial charge in [0.1, 0.15) is 0 Å². The van der Waals surface area contributed by atoms with Crippen molar-refractivity contribution in [3.05, 3.63) is 23.8 Å². The maximum atomic E-state index is 12.3. The Kier molecular flexibility index (Phi) is 3.07. The molecule has 2 aliphatic carbocycles. The summed E-state index contributed by atoms with van der Waals surface area (Å²) in [6, 6.07) is 0. The molecule has 1 fully saturated rings. The van der Waals surface area contributed by atoms with Crippen LogP contribution in [0.15, 0.2) is 23.8 Å². The lowest BCUT2D eigenvalue weighted by atomic mass is 9.59. The Hall–Kier alpha value is -1.18. The van der Waals surface area contributed by atoms with Crippen molar-refractivity contribution in [1.29, 1.82) is 0 Å². The molecule has 0 aromatic carbocycles. The third-order valence-corrected chi connectivity index (χ3v) is 4.38. The highest BCUT2D eigenvalue weighted by Crippen LogP contribution is 2.45. The number of allylic oxidation sites excluding steroid dienone is 3. The molecule has 0 unspecified atom stereocenters. The topological polar surface area (TPSA) is 34.1 Å². The van der Waals surface area contributed by atoms with E-state index in [0.29, 0.717) is 11.5 Å². The van der Waals surface area contributed by atoms with Gasteiger partial charge in [-0.1, -0.05) is 19.1 Å². The summed E-state index contributed by atoms with van der Waals surface area (Å²) < 4.78 is 0. The molecule has 2 nitrogen and oxygen atoms in total. The van der Waals surface area contributed by atoms with Gasteiger partial charge in [0.05, 0.1) is 0 Å². The Morgan fingerprint density at radius 2 is 1.94 bits per heavy atom. The minimum atomic E-state index is -0.145. The maximum Gasteiger partial charge on any atom is 0.163 e. The first kappa shape index (κ1) is 12.3. The Morgan fingerprint density at radius 3 is 2.53 bits per heavy atom. The van der Waals surface area contributed by atoms with Crippen LogP contribution in [-0.2, 0) is 9.59 Å².